The maximum absolute atomic E-state index is 12.0. The van der Waals surface area contributed by atoms with Gasteiger partial charge in [0.15, 0.2) is 0 Å². The number of aryl methyl sites for hydroxylation is 1. The lowest BCUT2D eigenvalue weighted by Gasteiger charge is -2.13. The highest BCUT2D eigenvalue weighted by molar-refractivity contribution is 5.95. The molecule has 0 fully saturated rings. The van der Waals surface area contributed by atoms with Gasteiger partial charge in [-0.15, -0.1) is 0 Å². The van der Waals surface area contributed by atoms with E-state index in [9.17, 15) is 4.79 Å². The summed E-state index contributed by atoms with van der Waals surface area (Å²) < 4.78 is 0. The molecule has 3 heteroatoms. The fraction of sp³-hybridized carbons (Fsp3) is 0.312. The predicted octanol–water partition coefficient (Wildman–Crippen LogP) is 3.07. The zero-order valence-corrected chi connectivity index (χ0v) is 11.4. The number of hydrogen-bond acceptors (Lipinski definition) is 2. The van der Waals surface area contributed by atoms with Gasteiger partial charge < -0.3 is 11.1 Å². The molecule has 0 aliphatic rings. The van der Waals surface area contributed by atoms with Crippen LogP contribution in [0.3, 0.4) is 0 Å². The van der Waals surface area contributed by atoms with Crippen LogP contribution >= 0.6 is 0 Å². The molecule has 0 heterocycles. The fourth-order valence-electron chi connectivity index (χ4n) is 2.15. The normalized spacial score (nSPS) is 12.4. The smallest absolute Gasteiger partial charge is 0.228 e. The van der Waals surface area contributed by atoms with Crippen molar-refractivity contribution < 1.29 is 4.79 Å². The summed E-state index contributed by atoms with van der Waals surface area (Å²) in [7, 11) is 0. The summed E-state index contributed by atoms with van der Waals surface area (Å²) >= 11 is 0. The summed E-state index contributed by atoms with van der Waals surface area (Å²) in [5.41, 5.74) is 7.65. The minimum Gasteiger partial charge on any atom is -0.330 e. The SMILES string of the molecule is CCC(CN)C(=O)Nc1ccc2cc(C)ccc2c1. The van der Waals surface area contributed by atoms with Gasteiger partial charge in [-0.25, -0.2) is 0 Å². The lowest BCUT2D eigenvalue weighted by molar-refractivity contribution is -0.119. The van der Waals surface area contributed by atoms with Gasteiger partial charge in [0.2, 0.25) is 5.91 Å². The Morgan fingerprint density at radius 2 is 1.89 bits per heavy atom. The van der Waals surface area contributed by atoms with Crippen LogP contribution in [0.25, 0.3) is 10.8 Å². The van der Waals surface area contributed by atoms with Crippen LogP contribution < -0.4 is 11.1 Å². The van der Waals surface area contributed by atoms with Gasteiger partial charge in [-0.05, 0) is 36.2 Å². The Morgan fingerprint density at radius 3 is 2.58 bits per heavy atom. The van der Waals surface area contributed by atoms with Gasteiger partial charge in [0, 0.05) is 12.2 Å². The van der Waals surface area contributed by atoms with Gasteiger partial charge in [0.1, 0.15) is 0 Å². The first-order valence-corrected chi connectivity index (χ1v) is 6.65. The van der Waals surface area contributed by atoms with Crippen molar-refractivity contribution in [1.29, 1.82) is 0 Å². The summed E-state index contributed by atoms with van der Waals surface area (Å²) in [6.45, 7) is 4.43. The average Bonchev–Trinajstić information content (AvgIpc) is 2.40. The van der Waals surface area contributed by atoms with Gasteiger partial charge in [0.05, 0.1) is 5.92 Å². The van der Waals surface area contributed by atoms with Crippen molar-refractivity contribution in [3.05, 3.63) is 42.0 Å². The largest absolute Gasteiger partial charge is 0.330 e. The van der Waals surface area contributed by atoms with E-state index >= 15 is 0 Å². The van der Waals surface area contributed by atoms with E-state index in [1.807, 2.05) is 25.1 Å². The van der Waals surface area contributed by atoms with Gasteiger partial charge in [-0.2, -0.15) is 0 Å². The van der Waals surface area contributed by atoms with Crippen LogP contribution in [-0.2, 0) is 4.79 Å². The molecule has 1 atom stereocenters. The molecule has 3 N–H and O–H groups in total. The molecule has 1 unspecified atom stereocenters. The molecular weight excluding hydrogens is 236 g/mol. The van der Waals surface area contributed by atoms with E-state index in [0.717, 1.165) is 17.5 Å². The quantitative estimate of drug-likeness (QED) is 0.883. The van der Waals surface area contributed by atoms with Crippen LogP contribution in [0.1, 0.15) is 18.9 Å². The second kappa shape index (κ2) is 5.85. The molecule has 0 spiro atoms. The molecule has 100 valence electrons. The highest BCUT2D eigenvalue weighted by Gasteiger charge is 2.14. The molecule has 0 radical (unpaired) electrons. The van der Waals surface area contributed by atoms with Crippen LogP contribution in [-0.4, -0.2) is 12.5 Å². The maximum atomic E-state index is 12.0. The van der Waals surface area contributed by atoms with Gasteiger partial charge in [0.25, 0.3) is 0 Å². The van der Waals surface area contributed by atoms with Crippen LogP contribution in [0.5, 0.6) is 0 Å². The average molecular weight is 256 g/mol. The summed E-state index contributed by atoms with van der Waals surface area (Å²) in [6, 6.07) is 12.2. The molecule has 0 aliphatic heterocycles. The molecule has 0 bridgehead atoms. The first kappa shape index (κ1) is 13.6. The molecule has 0 aromatic heterocycles. The zero-order valence-electron chi connectivity index (χ0n) is 11.4. The third-order valence-electron chi connectivity index (χ3n) is 3.41. The van der Waals surface area contributed by atoms with E-state index in [0.29, 0.717) is 6.54 Å². The summed E-state index contributed by atoms with van der Waals surface area (Å²) in [6.07, 6.45) is 0.759. The first-order valence-electron chi connectivity index (χ1n) is 6.65. The lowest BCUT2D eigenvalue weighted by atomic mass is 10.0. The monoisotopic (exact) mass is 256 g/mol. The van der Waals surface area contributed by atoms with Crippen molar-refractivity contribution >= 4 is 22.4 Å². The molecule has 2 aromatic carbocycles. The second-order valence-electron chi connectivity index (χ2n) is 4.90. The number of amides is 1. The Labute approximate surface area is 113 Å². The van der Waals surface area contributed by atoms with Crippen molar-refractivity contribution in [2.24, 2.45) is 11.7 Å². The number of benzene rings is 2. The van der Waals surface area contributed by atoms with E-state index in [1.54, 1.807) is 0 Å². The van der Waals surface area contributed by atoms with E-state index in [2.05, 4.69) is 30.4 Å². The Hall–Kier alpha value is -1.87. The molecule has 0 saturated heterocycles. The third kappa shape index (κ3) is 3.12. The van der Waals surface area contributed by atoms with E-state index in [1.165, 1.54) is 10.9 Å². The minimum atomic E-state index is -0.117. The standard InChI is InChI=1S/C16H20N2O/c1-3-12(10-17)16(19)18-15-7-6-13-8-11(2)4-5-14(13)9-15/h4-9,12H,3,10,17H2,1-2H3,(H,18,19). The summed E-state index contributed by atoms with van der Waals surface area (Å²) in [4.78, 5) is 12.0. The minimum absolute atomic E-state index is 0.00328. The fourth-order valence-corrected chi connectivity index (χ4v) is 2.15. The predicted molar refractivity (Wildman–Crippen MR) is 80.2 cm³/mol. The Balaban J connectivity index is 2.22. The summed E-state index contributed by atoms with van der Waals surface area (Å²) in [5.74, 6) is -0.120. The molecule has 2 rings (SSSR count). The summed E-state index contributed by atoms with van der Waals surface area (Å²) in [5, 5.41) is 5.24. The van der Waals surface area contributed by atoms with E-state index in [-0.39, 0.29) is 11.8 Å². The van der Waals surface area contributed by atoms with Crippen molar-refractivity contribution in [2.75, 3.05) is 11.9 Å². The van der Waals surface area contributed by atoms with E-state index in [4.69, 9.17) is 5.73 Å². The number of carbonyl (C=O) groups excluding carboxylic acids is 1. The van der Waals surface area contributed by atoms with Gasteiger partial charge in [-0.1, -0.05) is 36.8 Å². The molecule has 0 aliphatic carbocycles. The highest BCUT2D eigenvalue weighted by Crippen LogP contribution is 2.21. The topological polar surface area (TPSA) is 55.1 Å². The number of carbonyl (C=O) groups is 1. The van der Waals surface area contributed by atoms with Crippen LogP contribution in [0.2, 0.25) is 0 Å². The number of anilines is 1. The first-order chi connectivity index (χ1) is 9.13. The van der Waals surface area contributed by atoms with Crippen molar-refractivity contribution in [3.8, 4) is 0 Å². The Bertz CT molecular complexity index is 588. The maximum Gasteiger partial charge on any atom is 0.228 e. The number of nitrogens with one attached hydrogen (secondary N) is 1. The molecule has 2 aromatic rings. The van der Waals surface area contributed by atoms with Crippen molar-refractivity contribution in [3.63, 3.8) is 0 Å². The molecular formula is C16H20N2O. The number of fused-ring (bicyclic) bond motifs is 1. The Kier molecular flexibility index (Phi) is 4.17. The van der Waals surface area contributed by atoms with Crippen molar-refractivity contribution in [1.82, 2.24) is 0 Å². The molecule has 1 amide bonds. The van der Waals surface area contributed by atoms with Crippen LogP contribution in [0, 0.1) is 12.8 Å². The Morgan fingerprint density at radius 1 is 1.21 bits per heavy atom. The van der Waals surface area contributed by atoms with Crippen molar-refractivity contribution in [2.45, 2.75) is 20.3 Å². The molecule has 3 nitrogen and oxygen atoms in total. The van der Waals surface area contributed by atoms with Crippen LogP contribution in [0.4, 0.5) is 5.69 Å². The number of rotatable bonds is 4. The second-order valence-corrected chi connectivity index (χ2v) is 4.90. The van der Waals surface area contributed by atoms with Crippen LogP contribution in [0.15, 0.2) is 36.4 Å². The van der Waals surface area contributed by atoms with E-state index < -0.39 is 0 Å². The highest BCUT2D eigenvalue weighted by atomic mass is 16.1. The number of nitrogens with two attached hydrogens (primary N) is 1. The lowest BCUT2D eigenvalue weighted by Crippen LogP contribution is -2.28. The number of hydrogen-bond donors (Lipinski definition) is 2. The van der Waals surface area contributed by atoms with Gasteiger partial charge >= 0.3 is 0 Å². The molecule has 0 saturated carbocycles. The van der Waals surface area contributed by atoms with Gasteiger partial charge in [-0.3, -0.25) is 4.79 Å². The third-order valence-corrected chi connectivity index (χ3v) is 3.41. The zero-order chi connectivity index (χ0) is 13.8. The molecule has 19 heavy (non-hydrogen) atoms.